The van der Waals surface area contributed by atoms with Crippen LogP contribution in [0.5, 0.6) is 0 Å². The van der Waals surface area contributed by atoms with Gasteiger partial charge in [0.25, 0.3) is 0 Å². The molecular formula is C14H16BrFN2S. The van der Waals surface area contributed by atoms with Crippen LogP contribution < -0.4 is 5.32 Å². The van der Waals surface area contributed by atoms with Gasteiger partial charge >= 0.3 is 0 Å². The molecule has 1 aromatic carbocycles. The molecule has 19 heavy (non-hydrogen) atoms. The van der Waals surface area contributed by atoms with E-state index in [4.69, 9.17) is 0 Å². The summed E-state index contributed by atoms with van der Waals surface area (Å²) < 4.78 is 14.1. The molecule has 1 unspecified atom stereocenters. The third-order valence-corrected chi connectivity index (χ3v) is 4.45. The minimum atomic E-state index is -0.252. The van der Waals surface area contributed by atoms with Crippen LogP contribution in [0.2, 0.25) is 0 Å². The van der Waals surface area contributed by atoms with Gasteiger partial charge < -0.3 is 5.32 Å². The highest BCUT2D eigenvalue weighted by Gasteiger charge is 2.11. The molecule has 1 N–H and O–H groups in total. The second-order valence-corrected chi connectivity index (χ2v) is 6.38. The summed E-state index contributed by atoms with van der Waals surface area (Å²) in [6.45, 7) is 5.25. The van der Waals surface area contributed by atoms with Crippen LogP contribution in [0.4, 0.5) is 4.39 Å². The largest absolute Gasteiger partial charge is 0.309 e. The highest BCUT2D eigenvalue weighted by atomic mass is 79.9. The van der Waals surface area contributed by atoms with Crippen LogP contribution in [0, 0.1) is 5.82 Å². The fourth-order valence-electron chi connectivity index (χ4n) is 1.76. The molecule has 2 aromatic rings. The first-order chi connectivity index (χ1) is 9.10. The van der Waals surface area contributed by atoms with Crippen molar-refractivity contribution in [2.24, 2.45) is 0 Å². The van der Waals surface area contributed by atoms with Gasteiger partial charge in [0, 0.05) is 27.2 Å². The zero-order valence-corrected chi connectivity index (χ0v) is 13.3. The molecule has 0 aliphatic heterocycles. The van der Waals surface area contributed by atoms with Crippen LogP contribution in [0.25, 0.3) is 10.6 Å². The lowest BCUT2D eigenvalue weighted by atomic mass is 10.2. The quantitative estimate of drug-likeness (QED) is 0.846. The molecule has 102 valence electrons. The van der Waals surface area contributed by atoms with Gasteiger partial charge in [-0.1, -0.05) is 22.9 Å². The second-order valence-electron chi connectivity index (χ2n) is 4.40. The van der Waals surface area contributed by atoms with Crippen molar-refractivity contribution >= 4 is 27.3 Å². The fourth-order valence-corrected chi connectivity index (χ4v) is 3.15. The van der Waals surface area contributed by atoms with Crippen LogP contribution in [-0.4, -0.2) is 11.5 Å². The van der Waals surface area contributed by atoms with E-state index in [-0.39, 0.29) is 11.9 Å². The van der Waals surface area contributed by atoms with Gasteiger partial charge in [0.2, 0.25) is 0 Å². The van der Waals surface area contributed by atoms with Crippen molar-refractivity contribution in [3.63, 3.8) is 0 Å². The van der Waals surface area contributed by atoms with E-state index in [0.29, 0.717) is 0 Å². The average molecular weight is 343 g/mol. The molecule has 0 fully saturated rings. The summed E-state index contributed by atoms with van der Waals surface area (Å²) in [6.07, 6.45) is 2.97. The Balaban J connectivity index is 2.20. The van der Waals surface area contributed by atoms with Crippen LogP contribution in [-0.2, 0) is 0 Å². The molecule has 2 nitrogen and oxygen atoms in total. The number of thiazole rings is 1. The van der Waals surface area contributed by atoms with E-state index in [2.05, 4.69) is 40.1 Å². The molecule has 0 aliphatic rings. The number of benzene rings is 1. The van der Waals surface area contributed by atoms with E-state index in [1.165, 1.54) is 17.0 Å². The summed E-state index contributed by atoms with van der Waals surface area (Å²) in [4.78, 5) is 5.56. The van der Waals surface area contributed by atoms with E-state index in [9.17, 15) is 4.39 Å². The zero-order chi connectivity index (χ0) is 13.8. The maximum Gasteiger partial charge on any atom is 0.125 e. The normalized spacial score (nSPS) is 12.6. The molecule has 0 aliphatic carbocycles. The molecule has 1 aromatic heterocycles. The Hall–Kier alpha value is -0.780. The van der Waals surface area contributed by atoms with Gasteiger partial charge in [0.1, 0.15) is 10.8 Å². The van der Waals surface area contributed by atoms with E-state index >= 15 is 0 Å². The number of hydrogen-bond acceptors (Lipinski definition) is 3. The number of halogens is 2. The highest BCUT2D eigenvalue weighted by Crippen LogP contribution is 2.30. The summed E-state index contributed by atoms with van der Waals surface area (Å²) in [5, 5.41) is 4.27. The van der Waals surface area contributed by atoms with E-state index in [0.717, 1.165) is 28.0 Å². The van der Waals surface area contributed by atoms with Gasteiger partial charge in [-0.15, -0.1) is 11.3 Å². The Labute approximate surface area is 125 Å². The predicted octanol–water partition coefficient (Wildman–Crippen LogP) is 4.77. The first kappa shape index (κ1) is 14.6. The van der Waals surface area contributed by atoms with Gasteiger partial charge in [0.05, 0.1) is 0 Å². The number of nitrogens with one attached hydrogen (secondary N) is 1. The number of hydrogen-bond donors (Lipinski definition) is 1. The first-order valence-corrected chi connectivity index (χ1v) is 7.86. The van der Waals surface area contributed by atoms with E-state index < -0.39 is 0 Å². The van der Waals surface area contributed by atoms with Gasteiger partial charge in [-0.05, 0) is 38.1 Å². The molecule has 0 radical (unpaired) electrons. The van der Waals surface area contributed by atoms with Gasteiger partial charge in [0.15, 0.2) is 0 Å². The third kappa shape index (κ3) is 3.84. The molecule has 5 heteroatoms. The lowest BCUT2D eigenvalue weighted by Crippen LogP contribution is -2.18. The predicted molar refractivity (Wildman–Crippen MR) is 81.9 cm³/mol. The molecular weight excluding hydrogens is 327 g/mol. The van der Waals surface area contributed by atoms with E-state index in [1.807, 2.05) is 12.3 Å². The number of nitrogens with zero attached hydrogens (tertiary/aromatic N) is 1. The molecule has 1 heterocycles. The van der Waals surface area contributed by atoms with Crippen molar-refractivity contribution in [2.45, 2.75) is 26.3 Å². The average Bonchev–Trinajstić information content (AvgIpc) is 2.84. The smallest absolute Gasteiger partial charge is 0.125 e. The summed E-state index contributed by atoms with van der Waals surface area (Å²) in [7, 11) is 0. The van der Waals surface area contributed by atoms with Crippen molar-refractivity contribution in [1.29, 1.82) is 0 Å². The maximum atomic E-state index is 13.4. The number of rotatable bonds is 5. The minimum absolute atomic E-state index is 0.252. The standard InChI is InChI=1S/C14H16BrFN2S/c1-3-4-17-9(2)13-8-18-14(19-13)10-5-11(15)7-12(16)6-10/h5-9,17H,3-4H2,1-2H3. The third-order valence-electron chi connectivity index (χ3n) is 2.76. The molecule has 0 amide bonds. The Morgan fingerprint density at radius 2 is 2.21 bits per heavy atom. The van der Waals surface area contributed by atoms with Crippen molar-refractivity contribution in [2.75, 3.05) is 6.54 Å². The molecule has 0 bridgehead atoms. The lowest BCUT2D eigenvalue weighted by molar-refractivity contribution is 0.577. The Kier molecular flexibility index (Phi) is 5.07. The zero-order valence-electron chi connectivity index (χ0n) is 10.9. The van der Waals surface area contributed by atoms with Crippen molar-refractivity contribution in [3.8, 4) is 10.6 Å². The SMILES string of the molecule is CCCNC(C)c1cnc(-c2cc(F)cc(Br)c2)s1. The highest BCUT2D eigenvalue weighted by molar-refractivity contribution is 9.10. The van der Waals surface area contributed by atoms with Crippen LogP contribution in [0.15, 0.2) is 28.9 Å². The Bertz CT molecular complexity index is 536. The molecule has 1 atom stereocenters. The fraction of sp³-hybridized carbons (Fsp3) is 0.357. The second kappa shape index (κ2) is 6.59. The molecule has 2 rings (SSSR count). The van der Waals surface area contributed by atoms with Crippen molar-refractivity contribution in [3.05, 3.63) is 39.6 Å². The lowest BCUT2D eigenvalue weighted by Gasteiger charge is -2.09. The van der Waals surface area contributed by atoms with Crippen molar-refractivity contribution in [1.82, 2.24) is 10.3 Å². The summed E-state index contributed by atoms with van der Waals surface area (Å²) >= 11 is 4.91. The molecule has 0 saturated carbocycles. The van der Waals surface area contributed by atoms with Gasteiger partial charge in [-0.25, -0.2) is 9.37 Å². The van der Waals surface area contributed by atoms with Gasteiger partial charge in [-0.3, -0.25) is 0 Å². The van der Waals surface area contributed by atoms with Crippen LogP contribution in [0.1, 0.15) is 31.2 Å². The number of aromatic nitrogens is 1. The summed E-state index contributed by atoms with van der Waals surface area (Å²) in [5.41, 5.74) is 0.811. The van der Waals surface area contributed by atoms with E-state index in [1.54, 1.807) is 11.3 Å². The Morgan fingerprint density at radius 3 is 2.89 bits per heavy atom. The van der Waals surface area contributed by atoms with Gasteiger partial charge in [-0.2, -0.15) is 0 Å². The Morgan fingerprint density at radius 1 is 1.42 bits per heavy atom. The molecule has 0 spiro atoms. The molecule has 0 saturated heterocycles. The van der Waals surface area contributed by atoms with Crippen molar-refractivity contribution < 1.29 is 4.39 Å². The summed E-state index contributed by atoms with van der Waals surface area (Å²) in [6, 6.07) is 5.12. The topological polar surface area (TPSA) is 24.9 Å². The van der Waals surface area contributed by atoms with Crippen LogP contribution >= 0.6 is 27.3 Å². The summed E-state index contributed by atoms with van der Waals surface area (Å²) in [5.74, 6) is -0.252. The maximum absolute atomic E-state index is 13.4. The first-order valence-electron chi connectivity index (χ1n) is 6.25. The minimum Gasteiger partial charge on any atom is -0.309 e. The van der Waals surface area contributed by atoms with Crippen LogP contribution in [0.3, 0.4) is 0 Å². The monoisotopic (exact) mass is 342 g/mol.